The number of rotatable bonds is 5. The second kappa shape index (κ2) is 7.63. The van der Waals surface area contributed by atoms with Crippen LogP contribution < -0.4 is 10.2 Å². The van der Waals surface area contributed by atoms with Crippen LogP contribution in [0.5, 0.6) is 0 Å². The van der Waals surface area contributed by atoms with Gasteiger partial charge in [-0.15, -0.1) is 0 Å². The molecule has 2 heterocycles. The van der Waals surface area contributed by atoms with Gasteiger partial charge in [-0.25, -0.2) is 13.4 Å². The molecule has 6 nitrogen and oxygen atoms in total. The fraction of sp³-hybridized carbons (Fsp3) is 0.333. The minimum absolute atomic E-state index is 0.0496. The molecule has 1 fully saturated rings. The molecule has 138 valence electrons. The minimum Gasteiger partial charge on any atom is -0.369 e. The van der Waals surface area contributed by atoms with Gasteiger partial charge in [0.05, 0.1) is 23.4 Å². The molecule has 1 aliphatic heterocycles. The normalized spacial score (nSPS) is 18.5. The highest BCUT2D eigenvalue weighted by Crippen LogP contribution is 2.22. The van der Waals surface area contributed by atoms with Crippen LogP contribution in [0.25, 0.3) is 0 Å². The van der Waals surface area contributed by atoms with E-state index < -0.39 is 9.84 Å². The van der Waals surface area contributed by atoms with Gasteiger partial charge in [0.15, 0.2) is 9.84 Å². The monoisotopic (exact) mass is 393 g/mol. The lowest BCUT2D eigenvalue weighted by molar-refractivity contribution is 0.0946. The maximum Gasteiger partial charge on any atom is 0.270 e. The first kappa shape index (κ1) is 18.7. The Labute approximate surface area is 158 Å². The van der Waals surface area contributed by atoms with Crippen molar-refractivity contribution in [3.05, 3.63) is 58.9 Å². The molecule has 0 spiro atoms. The number of nitrogens with zero attached hydrogens (tertiary/aromatic N) is 2. The first-order chi connectivity index (χ1) is 12.3. The molecule has 1 unspecified atom stereocenters. The second-order valence-electron chi connectivity index (χ2n) is 6.38. The van der Waals surface area contributed by atoms with Crippen LogP contribution in [0.3, 0.4) is 0 Å². The number of hydrogen-bond acceptors (Lipinski definition) is 5. The van der Waals surface area contributed by atoms with Crippen molar-refractivity contribution in [2.75, 3.05) is 23.5 Å². The van der Waals surface area contributed by atoms with Gasteiger partial charge in [-0.1, -0.05) is 23.7 Å². The van der Waals surface area contributed by atoms with E-state index in [-0.39, 0.29) is 23.5 Å². The molecule has 26 heavy (non-hydrogen) atoms. The van der Waals surface area contributed by atoms with Crippen LogP contribution in [-0.4, -0.2) is 43.9 Å². The predicted octanol–water partition coefficient (Wildman–Crippen LogP) is 2.29. The number of carbonyl (C=O) groups is 1. The van der Waals surface area contributed by atoms with Crippen LogP contribution in [0.4, 0.5) is 5.69 Å². The van der Waals surface area contributed by atoms with Crippen LogP contribution in [0.2, 0.25) is 5.02 Å². The summed E-state index contributed by atoms with van der Waals surface area (Å²) in [6.07, 6.45) is 2.21. The average Bonchev–Trinajstić information content (AvgIpc) is 3.00. The summed E-state index contributed by atoms with van der Waals surface area (Å²) in [6, 6.07) is 10.6. The van der Waals surface area contributed by atoms with Crippen LogP contribution in [0.1, 0.15) is 22.5 Å². The average molecular weight is 394 g/mol. The summed E-state index contributed by atoms with van der Waals surface area (Å²) >= 11 is 5.84. The number of anilines is 1. The number of aromatic nitrogens is 1. The molecule has 0 bridgehead atoms. The second-order valence-corrected chi connectivity index (χ2v) is 9.04. The number of pyridine rings is 1. The van der Waals surface area contributed by atoms with Crippen molar-refractivity contribution in [1.82, 2.24) is 10.3 Å². The molecule has 1 atom stereocenters. The van der Waals surface area contributed by atoms with Crippen molar-refractivity contribution in [2.45, 2.75) is 19.0 Å². The quantitative estimate of drug-likeness (QED) is 0.843. The molecule has 0 saturated carbocycles. The van der Waals surface area contributed by atoms with Gasteiger partial charge in [-0.3, -0.25) is 4.79 Å². The Morgan fingerprint density at radius 2 is 2.00 bits per heavy atom. The van der Waals surface area contributed by atoms with Gasteiger partial charge in [-0.2, -0.15) is 0 Å². The van der Waals surface area contributed by atoms with E-state index in [2.05, 4.69) is 10.3 Å². The molecular weight excluding hydrogens is 374 g/mol. The van der Waals surface area contributed by atoms with Crippen molar-refractivity contribution in [2.24, 2.45) is 0 Å². The standard InChI is InChI=1S/C18H20ClN3O3S/c1-22(16-8-9-26(24,25)12-16)15-6-7-17(20-11-15)18(23)21-10-13-2-4-14(19)5-3-13/h2-7,11,16H,8-10,12H2,1H3,(H,21,23). The van der Waals surface area contributed by atoms with Gasteiger partial charge in [0.1, 0.15) is 5.69 Å². The SMILES string of the molecule is CN(c1ccc(C(=O)NCc2ccc(Cl)cc2)nc1)C1CCS(=O)(=O)C1. The molecule has 1 N–H and O–H groups in total. The Balaban J connectivity index is 1.59. The molecule has 1 saturated heterocycles. The summed E-state index contributed by atoms with van der Waals surface area (Å²) < 4.78 is 23.3. The molecule has 3 rings (SSSR count). The molecule has 2 aromatic rings. The van der Waals surface area contributed by atoms with Crippen molar-refractivity contribution < 1.29 is 13.2 Å². The van der Waals surface area contributed by atoms with Gasteiger partial charge in [0.25, 0.3) is 5.91 Å². The van der Waals surface area contributed by atoms with E-state index in [9.17, 15) is 13.2 Å². The maximum atomic E-state index is 12.2. The third-order valence-electron chi connectivity index (χ3n) is 4.51. The highest BCUT2D eigenvalue weighted by atomic mass is 35.5. The third-order valence-corrected chi connectivity index (χ3v) is 6.51. The fourth-order valence-electron chi connectivity index (χ4n) is 2.90. The Morgan fingerprint density at radius 1 is 1.27 bits per heavy atom. The van der Waals surface area contributed by atoms with Crippen molar-refractivity contribution in [3.8, 4) is 0 Å². The van der Waals surface area contributed by atoms with E-state index >= 15 is 0 Å². The lowest BCUT2D eigenvalue weighted by Crippen LogP contribution is -2.32. The zero-order valence-electron chi connectivity index (χ0n) is 14.4. The first-order valence-corrected chi connectivity index (χ1v) is 10.5. The maximum absolute atomic E-state index is 12.2. The Hall–Kier alpha value is -2.12. The van der Waals surface area contributed by atoms with Crippen LogP contribution in [0.15, 0.2) is 42.6 Å². The van der Waals surface area contributed by atoms with Crippen molar-refractivity contribution in [3.63, 3.8) is 0 Å². The molecule has 1 amide bonds. The van der Waals surface area contributed by atoms with E-state index in [1.165, 1.54) is 0 Å². The Bertz CT molecular complexity index is 883. The third kappa shape index (κ3) is 4.53. The zero-order valence-corrected chi connectivity index (χ0v) is 15.9. The van der Waals surface area contributed by atoms with Gasteiger partial charge >= 0.3 is 0 Å². The Kier molecular flexibility index (Phi) is 5.48. The van der Waals surface area contributed by atoms with Crippen LogP contribution >= 0.6 is 11.6 Å². The van der Waals surface area contributed by atoms with Gasteiger partial charge in [-0.05, 0) is 36.2 Å². The summed E-state index contributed by atoms with van der Waals surface area (Å²) in [7, 11) is -1.09. The highest BCUT2D eigenvalue weighted by Gasteiger charge is 2.30. The minimum atomic E-state index is -2.94. The summed E-state index contributed by atoms with van der Waals surface area (Å²) in [6.45, 7) is 0.388. The lowest BCUT2D eigenvalue weighted by atomic mass is 10.2. The zero-order chi connectivity index (χ0) is 18.7. The van der Waals surface area contributed by atoms with Crippen LogP contribution in [0, 0.1) is 0 Å². The van der Waals surface area contributed by atoms with Gasteiger partial charge in [0, 0.05) is 24.7 Å². The number of nitrogens with one attached hydrogen (secondary N) is 1. The number of hydrogen-bond donors (Lipinski definition) is 1. The van der Waals surface area contributed by atoms with E-state index in [0.29, 0.717) is 23.7 Å². The van der Waals surface area contributed by atoms with E-state index in [0.717, 1.165) is 11.3 Å². The Morgan fingerprint density at radius 3 is 2.58 bits per heavy atom. The number of sulfone groups is 1. The smallest absolute Gasteiger partial charge is 0.270 e. The number of carbonyl (C=O) groups excluding carboxylic acids is 1. The van der Waals surface area contributed by atoms with Crippen LogP contribution in [-0.2, 0) is 16.4 Å². The summed E-state index contributed by atoms with van der Waals surface area (Å²) in [5.41, 5.74) is 2.05. The van der Waals surface area contributed by atoms with E-state index in [1.807, 2.05) is 24.1 Å². The largest absolute Gasteiger partial charge is 0.369 e. The fourth-order valence-corrected chi connectivity index (χ4v) is 4.80. The predicted molar refractivity (Wildman–Crippen MR) is 102 cm³/mol. The van der Waals surface area contributed by atoms with Crippen molar-refractivity contribution >= 4 is 33.0 Å². The van der Waals surface area contributed by atoms with Gasteiger partial charge < -0.3 is 10.2 Å². The number of benzene rings is 1. The molecule has 8 heteroatoms. The summed E-state index contributed by atoms with van der Waals surface area (Å²) in [5, 5.41) is 3.46. The van der Waals surface area contributed by atoms with Gasteiger partial charge in [0.2, 0.25) is 0 Å². The summed E-state index contributed by atoms with van der Waals surface area (Å²) in [5.74, 6) is 0.116. The number of halogens is 1. The molecule has 1 aliphatic rings. The van der Waals surface area contributed by atoms with Crippen molar-refractivity contribution in [1.29, 1.82) is 0 Å². The molecular formula is C18H20ClN3O3S. The lowest BCUT2D eigenvalue weighted by Gasteiger charge is -2.25. The molecule has 0 aliphatic carbocycles. The highest BCUT2D eigenvalue weighted by molar-refractivity contribution is 7.91. The first-order valence-electron chi connectivity index (χ1n) is 8.26. The van der Waals surface area contributed by atoms with E-state index in [4.69, 9.17) is 11.6 Å². The summed E-state index contributed by atoms with van der Waals surface area (Å²) in [4.78, 5) is 18.3. The molecule has 1 aromatic heterocycles. The topological polar surface area (TPSA) is 79.4 Å². The molecule has 1 aromatic carbocycles. The van der Waals surface area contributed by atoms with E-state index in [1.54, 1.807) is 30.5 Å². The number of amides is 1. The molecule has 0 radical (unpaired) electrons.